The number of aromatic hydroxyl groups is 1. The first-order valence-corrected chi connectivity index (χ1v) is 9.50. The zero-order chi connectivity index (χ0) is 21.3. The lowest BCUT2D eigenvalue weighted by Gasteiger charge is -2.30. The van der Waals surface area contributed by atoms with Gasteiger partial charge in [0, 0.05) is 18.3 Å². The van der Waals surface area contributed by atoms with Crippen molar-refractivity contribution in [1.29, 1.82) is 0 Å². The van der Waals surface area contributed by atoms with Crippen molar-refractivity contribution >= 4 is 11.4 Å². The van der Waals surface area contributed by atoms with Crippen molar-refractivity contribution < 1.29 is 24.9 Å². The monoisotopic (exact) mass is 403 g/mol. The summed E-state index contributed by atoms with van der Waals surface area (Å²) < 4.78 is 5.77. The molecule has 2 aromatic rings. The van der Waals surface area contributed by atoms with Crippen LogP contribution < -0.4 is 5.32 Å². The Morgan fingerprint density at radius 1 is 1.03 bits per heavy atom. The number of nitrogens with one attached hydrogen (secondary N) is 1. The number of rotatable bonds is 4. The minimum Gasteiger partial charge on any atom is -0.508 e. The molecule has 2 unspecified atom stereocenters. The van der Waals surface area contributed by atoms with Crippen LogP contribution in [0.25, 0.3) is 5.57 Å². The van der Waals surface area contributed by atoms with Crippen LogP contribution in [0.4, 0.5) is 0 Å². The van der Waals surface area contributed by atoms with Gasteiger partial charge >= 0.3 is 0 Å². The summed E-state index contributed by atoms with van der Waals surface area (Å²) in [7, 11) is 0. The highest BCUT2D eigenvalue weighted by Gasteiger charge is 2.38. The summed E-state index contributed by atoms with van der Waals surface area (Å²) >= 11 is 0. The molecule has 0 radical (unpaired) electrons. The van der Waals surface area contributed by atoms with Crippen molar-refractivity contribution in [3.63, 3.8) is 0 Å². The van der Waals surface area contributed by atoms with E-state index >= 15 is 0 Å². The van der Waals surface area contributed by atoms with E-state index in [0.717, 1.165) is 11.6 Å². The molecular formula is C24H21NO5. The summed E-state index contributed by atoms with van der Waals surface area (Å²) in [5.74, 6) is -0.859. The summed E-state index contributed by atoms with van der Waals surface area (Å²) in [6, 6.07) is 15.9. The van der Waals surface area contributed by atoms with Crippen molar-refractivity contribution in [1.82, 2.24) is 5.32 Å². The number of phenols is 1. The number of carbonyl (C=O) groups is 1. The first-order valence-electron chi connectivity index (χ1n) is 9.50. The number of benzene rings is 2. The summed E-state index contributed by atoms with van der Waals surface area (Å²) in [5, 5.41) is 33.8. The molecule has 30 heavy (non-hydrogen) atoms. The normalized spacial score (nSPS) is 20.8. The van der Waals surface area contributed by atoms with Crippen LogP contribution >= 0.6 is 0 Å². The van der Waals surface area contributed by atoms with Crippen LogP contribution in [-0.2, 0) is 9.53 Å². The van der Waals surface area contributed by atoms with Gasteiger partial charge in [0.15, 0.2) is 11.9 Å². The van der Waals surface area contributed by atoms with E-state index in [2.05, 4.69) is 5.32 Å². The largest absolute Gasteiger partial charge is 0.508 e. The van der Waals surface area contributed by atoms with Crippen molar-refractivity contribution in [3.05, 3.63) is 107 Å². The van der Waals surface area contributed by atoms with Crippen LogP contribution in [0.3, 0.4) is 0 Å². The van der Waals surface area contributed by atoms with Gasteiger partial charge < -0.3 is 25.4 Å². The van der Waals surface area contributed by atoms with Crippen molar-refractivity contribution in [2.24, 2.45) is 0 Å². The second-order valence-corrected chi connectivity index (χ2v) is 7.15. The number of fused-ring (bicyclic) bond motifs is 1. The third kappa shape index (κ3) is 3.55. The first-order chi connectivity index (χ1) is 14.5. The molecule has 0 amide bonds. The zero-order valence-corrected chi connectivity index (χ0v) is 16.2. The van der Waals surface area contributed by atoms with Crippen molar-refractivity contribution in [2.45, 2.75) is 19.1 Å². The predicted molar refractivity (Wildman–Crippen MR) is 112 cm³/mol. The minimum atomic E-state index is -0.932. The summed E-state index contributed by atoms with van der Waals surface area (Å²) in [4.78, 5) is 12.5. The quantitative estimate of drug-likeness (QED) is 0.611. The molecule has 0 bridgehead atoms. The van der Waals surface area contributed by atoms with E-state index in [1.165, 1.54) is 18.4 Å². The molecule has 0 aromatic heterocycles. The first kappa shape index (κ1) is 19.4. The molecule has 0 saturated heterocycles. The summed E-state index contributed by atoms with van der Waals surface area (Å²) in [5.41, 5.74) is 2.37. The Hall–Kier alpha value is -3.93. The number of aliphatic hydroxyl groups is 2. The Morgan fingerprint density at radius 3 is 2.43 bits per heavy atom. The Kier molecular flexibility index (Phi) is 5.06. The van der Waals surface area contributed by atoms with Gasteiger partial charge in [-0.1, -0.05) is 42.5 Å². The van der Waals surface area contributed by atoms with Gasteiger partial charge in [0.05, 0.1) is 23.0 Å². The number of hydrogen-bond acceptors (Lipinski definition) is 6. The van der Waals surface area contributed by atoms with Gasteiger partial charge in [0.1, 0.15) is 17.3 Å². The molecule has 4 rings (SSSR count). The molecule has 152 valence electrons. The highest BCUT2D eigenvalue weighted by Crippen LogP contribution is 2.38. The lowest BCUT2D eigenvalue weighted by Crippen LogP contribution is -2.32. The molecule has 0 spiro atoms. The molecule has 6 heteroatoms. The average molecular weight is 403 g/mol. The van der Waals surface area contributed by atoms with Crippen LogP contribution in [0.2, 0.25) is 0 Å². The highest BCUT2D eigenvalue weighted by molar-refractivity contribution is 6.10. The smallest absolute Gasteiger partial charge is 0.193 e. The SMILES string of the molecule is CC(N/C=C1/C(O)=CC(=O)C2=C(O)C(c3ccc(O)cc3)=COC21)c1ccccc1. The lowest BCUT2D eigenvalue weighted by atomic mass is 9.86. The van der Waals surface area contributed by atoms with E-state index in [-0.39, 0.29) is 28.9 Å². The van der Waals surface area contributed by atoms with Crippen molar-refractivity contribution in [3.8, 4) is 5.75 Å². The maximum Gasteiger partial charge on any atom is 0.193 e. The number of carbonyl (C=O) groups excluding carboxylic acids is 1. The van der Waals surface area contributed by atoms with E-state index < -0.39 is 11.9 Å². The molecular weight excluding hydrogens is 382 g/mol. The van der Waals surface area contributed by atoms with Gasteiger partial charge in [-0.05, 0) is 30.2 Å². The van der Waals surface area contributed by atoms with Crippen LogP contribution in [0.5, 0.6) is 5.75 Å². The van der Waals surface area contributed by atoms with E-state index in [1.807, 2.05) is 37.3 Å². The molecule has 4 N–H and O–H groups in total. The third-order valence-corrected chi connectivity index (χ3v) is 5.17. The van der Waals surface area contributed by atoms with Gasteiger partial charge in [-0.3, -0.25) is 4.79 Å². The fourth-order valence-corrected chi connectivity index (χ4v) is 3.47. The molecule has 0 saturated carbocycles. The lowest BCUT2D eigenvalue weighted by molar-refractivity contribution is -0.112. The molecule has 1 aliphatic heterocycles. The number of aliphatic hydroxyl groups excluding tert-OH is 2. The second-order valence-electron chi connectivity index (χ2n) is 7.15. The maximum absolute atomic E-state index is 12.5. The summed E-state index contributed by atoms with van der Waals surface area (Å²) in [6.45, 7) is 1.97. The Balaban J connectivity index is 1.66. The number of allylic oxidation sites excluding steroid dienone is 2. The average Bonchev–Trinajstić information content (AvgIpc) is 2.74. The second kappa shape index (κ2) is 7.83. The Labute approximate surface area is 173 Å². The van der Waals surface area contributed by atoms with E-state index in [1.54, 1.807) is 18.3 Å². The van der Waals surface area contributed by atoms with Gasteiger partial charge in [0.2, 0.25) is 0 Å². The molecule has 2 aromatic carbocycles. The van der Waals surface area contributed by atoms with Gasteiger partial charge in [-0.15, -0.1) is 0 Å². The molecule has 0 fully saturated rings. The number of ether oxygens (including phenoxy) is 1. The molecule has 6 nitrogen and oxygen atoms in total. The fourth-order valence-electron chi connectivity index (χ4n) is 3.47. The van der Waals surface area contributed by atoms with Crippen LogP contribution in [0.15, 0.2) is 95.8 Å². The predicted octanol–water partition coefficient (Wildman–Crippen LogP) is 4.20. The minimum absolute atomic E-state index is 0.0446. The zero-order valence-electron chi connectivity index (χ0n) is 16.2. The van der Waals surface area contributed by atoms with E-state index in [4.69, 9.17) is 4.74 Å². The number of ketones is 1. The van der Waals surface area contributed by atoms with Gasteiger partial charge in [0.25, 0.3) is 0 Å². The topological polar surface area (TPSA) is 99.0 Å². The molecule has 1 heterocycles. The standard InChI is InChI=1S/C24H21NO5/c1-14(15-5-3-2-4-6-15)25-12-18-20(27)11-21(28)22-23(29)19(13-30-24(18)22)16-7-9-17(26)10-8-16/h2-14,24-27,29H,1H3/b18-12-. The number of hydrogen-bond donors (Lipinski definition) is 4. The summed E-state index contributed by atoms with van der Waals surface area (Å²) in [6.07, 6.45) is 3.11. The fraction of sp³-hybridized carbons (Fsp3) is 0.125. The Morgan fingerprint density at radius 2 is 1.73 bits per heavy atom. The Bertz CT molecular complexity index is 1090. The van der Waals surface area contributed by atoms with Gasteiger partial charge in [-0.2, -0.15) is 0 Å². The van der Waals surface area contributed by atoms with Crippen LogP contribution in [0.1, 0.15) is 24.1 Å². The van der Waals surface area contributed by atoms with E-state index in [9.17, 15) is 20.1 Å². The van der Waals surface area contributed by atoms with Crippen LogP contribution in [0, 0.1) is 0 Å². The van der Waals surface area contributed by atoms with E-state index in [0.29, 0.717) is 16.7 Å². The third-order valence-electron chi connectivity index (χ3n) is 5.17. The maximum atomic E-state index is 12.5. The van der Waals surface area contributed by atoms with Crippen LogP contribution in [-0.4, -0.2) is 27.2 Å². The number of phenolic OH excluding ortho intramolecular Hbond substituents is 1. The highest BCUT2D eigenvalue weighted by atomic mass is 16.5. The molecule has 1 aliphatic carbocycles. The van der Waals surface area contributed by atoms with Crippen molar-refractivity contribution in [2.75, 3.05) is 0 Å². The molecule has 2 atom stereocenters. The van der Waals surface area contributed by atoms with Gasteiger partial charge in [-0.25, -0.2) is 0 Å². The molecule has 2 aliphatic rings.